The first-order valence-electron chi connectivity index (χ1n) is 10.8. The van der Waals surface area contributed by atoms with Gasteiger partial charge in [-0.15, -0.1) is 0 Å². The Morgan fingerprint density at radius 3 is 2.47 bits per heavy atom. The molecular formula is C27H24ClN3O. The Kier molecular flexibility index (Phi) is 5.70. The van der Waals surface area contributed by atoms with Gasteiger partial charge in [-0.05, 0) is 53.4 Å². The zero-order valence-electron chi connectivity index (χ0n) is 17.6. The Bertz CT molecular complexity index is 1220. The molecule has 4 nitrogen and oxygen atoms in total. The predicted octanol–water partition coefficient (Wildman–Crippen LogP) is 5.99. The fraction of sp³-hybridized carbons (Fsp3) is 0.148. The van der Waals surface area contributed by atoms with Gasteiger partial charge >= 0.3 is 6.03 Å². The normalized spacial score (nSPS) is 14.9. The number of hydrogen-bond donors (Lipinski definition) is 1. The molecule has 5 rings (SSSR count). The number of rotatable bonds is 4. The summed E-state index contributed by atoms with van der Waals surface area (Å²) in [6.07, 6.45) is 2.85. The number of hydrogen-bond acceptors (Lipinski definition) is 1. The molecule has 0 saturated carbocycles. The molecule has 1 atom stereocenters. The fourth-order valence-electron chi connectivity index (χ4n) is 4.40. The molecule has 5 heteroatoms. The van der Waals surface area contributed by atoms with Gasteiger partial charge in [0.15, 0.2) is 0 Å². The topological polar surface area (TPSA) is 37.3 Å². The van der Waals surface area contributed by atoms with E-state index in [0.29, 0.717) is 18.1 Å². The van der Waals surface area contributed by atoms with Crippen molar-refractivity contribution in [1.82, 2.24) is 14.8 Å². The van der Waals surface area contributed by atoms with Crippen molar-refractivity contribution in [2.24, 2.45) is 0 Å². The summed E-state index contributed by atoms with van der Waals surface area (Å²) in [6.45, 7) is 1.09. The van der Waals surface area contributed by atoms with E-state index in [2.05, 4.69) is 46.4 Å². The Labute approximate surface area is 193 Å². The average Bonchev–Trinajstić information content (AvgIpc) is 3.25. The molecule has 1 aromatic heterocycles. The largest absolute Gasteiger partial charge is 0.338 e. The van der Waals surface area contributed by atoms with Crippen LogP contribution in [0.25, 0.3) is 5.69 Å². The Morgan fingerprint density at radius 2 is 1.66 bits per heavy atom. The number of carbonyl (C=O) groups excluding carboxylic acids is 1. The van der Waals surface area contributed by atoms with Gasteiger partial charge < -0.3 is 14.8 Å². The van der Waals surface area contributed by atoms with Crippen LogP contribution in [0.3, 0.4) is 0 Å². The maximum absolute atomic E-state index is 13.5. The molecule has 0 unspecified atom stereocenters. The van der Waals surface area contributed by atoms with Crippen LogP contribution in [0.15, 0.2) is 97.2 Å². The summed E-state index contributed by atoms with van der Waals surface area (Å²) < 4.78 is 2.19. The van der Waals surface area contributed by atoms with Crippen molar-refractivity contribution in [2.45, 2.75) is 19.0 Å². The number of aromatic nitrogens is 1. The van der Waals surface area contributed by atoms with Crippen molar-refractivity contribution >= 4 is 17.6 Å². The van der Waals surface area contributed by atoms with E-state index in [0.717, 1.165) is 28.9 Å². The minimum absolute atomic E-state index is 0.0784. The lowest BCUT2D eigenvalue weighted by Gasteiger charge is -2.31. The number of fused-ring (bicyclic) bond motifs is 3. The van der Waals surface area contributed by atoms with Gasteiger partial charge in [0.1, 0.15) is 0 Å². The van der Waals surface area contributed by atoms with E-state index in [4.69, 9.17) is 11.6 Å². The van der Waals surface area contributed by atoms with Crippen molar-refractivity contribution in [3.05, 3.63) is 125 Å². The first-order valence-corrected chi connectivity index (χ1v) is 11.2. The third-order valence-electron chi connectivity index (χ3n) is 5.94. The lowest BCUT2D eigenvalue weighted by Crippen LogP contribution is -2.42. The van der Waals surface area contributed by atoms with Gasteiger partial charge in [-0.25, -0.2) is 4.79 Å². The number of benzene rings is 3. The molecule has 0 spiro atoms. The second-order valence-electron chi connectivity index (χ2n) is 7.98. The van der Waals surface area contributed by atoms with E-state index < -0.39 is 0 Å². The first-order chi connectivity index (χ1) is 15.7. The minimum atomic E-state index is -0.230. The van der Waals surface area contributed by atoms with Gasteiger partial charge in [-0.2, -0.15) is 0 Å². The molecule has 1 aliphatic rings. The molecule has 2 heterocycles. The van der Waals surface area contributed by atoms with Gasteiger partial charge in [-0.3, -0.25) is 0 Å². The Balaban J connectivity index is 1.49. The zero-order valence-corrected chi connectivity index (χ0v) is 18.4. The highest BCUT2D eigenvalue weighted by Crippen LogP contribution is 2.36. The van der Waals surface area contributed by atoms with Crippen LogP contribution in [0.2, 0.25) is 5.02 Å². The summed E-state index contributed by atoms with van der Waals surface area (Å²) in [4.78, 5) is 15.4. The molecule has 3 aromatic carbocycles. The maximum Gasteiger partial charge on any atom is 0.318 e. The molecule has 0 fully saturated rings. The molecule has 160 valence electrons. The van der Waals surface area contributed by atoms with Crippen molar-refractivity contribution in [2.75, 3.05) is 6.54 Å². The number of nitrogens with zero attached hydrogens (tertiary/aromatic N) is 2. The molecule has 0 bridgehead atoms. The van der Waals surface area contributed by atoms with Crippen molar-refractivity contribution in [3.63, 3.8) is 0 Å². The summed E-state index contributed by atoms with van der Waals surface area (Å²) in [6, 6.07) is 30.1. The summed E-state index contributed by atoms with van der Waals surface area (Å²) in [5.41, 5.74) is 5.50. The molecule has 4 aromatic rings. The third-order valence-corrected chi connectivity index (χ3v) is 6.20. The average molecular weight is 442 g/mol. The lowest BCUT2D eigenvalue weighted by atomic mass is 10.0. The standard InChI is InChI=1S/C27H24ClN3O/c28-23-14-12-21(13-15-23)26-25-11-6-18-30(25)24-10-5-4-9-22(24)19-31(26)27(32)29-17-16-20-7-2-1-3-8-20/h1-15,18,26H,16-17,19H2,(H,29,32)/t26-/m0/s1. The quantitative estimate of drug-likeness (QED) is 0.415. The van der Waals surface area contributed by atoms with Crippen LogP contribution >= 0.6 is 11.6 Å². The second-order valence-corrected chi connectivity index (χ2v) is 8.42. The molecular weight excluding hydrogens is 418 g/mol. The molecule has 32 heavy (non-hydrogen) atoms. The minimum Gasteiger partial charge on any atom is -0.338 e. The number of amides is 2. The molecule has 1 N–H and O–H groups in total. The third kappa shape index (κ3) is 4.02. The Morgan fingerprint density at radius 1 is 0.906 bits per heavy atom. The number of urea groups is 1. The van der Waals surface area contributed by atoms with Gasteiger partial charge in [0, 0.05) is 23.5 Å². The molecule has 0 aliphatic carbocycles. The van der Waals surface area contributed by atoms with Crippen LogP contribution in [-0.4, -0.2) is 22.0 Å². The summed E-state index contributed by atoms with van der Waals surface area (Å²) in [5, 5.41) is 3.83. The van der Waals surface area contributed by atoms with Crippen LogP contribution in [0.4, 0.5) is 4.79 Å². The Hall–Kier alpha value is -3.50. The molecule has 1 aliphatic heterocycles. The smallest absolute Gasteiger partial charge is 0.318 e. The van der Waals surface area contributed by atoms with E-state index >= 15 is 0 Å². The van der Waals surface area contributed by atoms with Crippen LogP contribution in [0, 0.1) is 0 Å². The predicted molar refractivity (Wildman–Crippen MR) is 128 cm³/mol. The van der Waals surface area contributed by atoms with Gasteiger partial charge in [0.25, 0.3) is 0 Å². The van der Waals surface area contributed by atoms with Crippen molar-refractivity contribution in [3.8, 4) is 5.69 Å². The number of nitrogens with one attached hydrogen (secondary N) is 1. The number of halogens is 1. The highest BCUT2D eigenvalue weighted by Gasteiger charge is 2.32. The SMILES string of the molecule is O=C(NCCc1ccccc1)N1Cc2ccccc2-n2cccc2[C@@H]1c1ccc(Cl)cc1. The van der Waals surface area contributed by atoms with E-state index in [1.54, 1.807) is 0 Å². The second kappa shape index (κ2) is 8.93. The van der Waals surface area contributed by atoms with Crippen LogP contribution in [0.5, 0.6) is 0 Å². The molecule has 0 saturated heterocycles. The van der Waals surface area contributed by atoms with E-state index in [-0.39, 0.29) is 12.1 Å². The van der Waals surface area contributed by atoms with Crippen LogP contribution in [-0.2, 0) is 13.0 Å². The number of para-hydroxylation sites is 1. The first kappa shape index (κ1) is 20.4. The van der Waals surface area contributed by atoms with Crippen molar-refractivity contribution < 1.29 is 4.79 Å². The summed E-state index contributed by atoms with van der Waals surface area (Å²) in [5.74, 6) is 0. The maximum atomic E-state index is 13.5. The van der Waals surface area contributed by atoms with Crippen molar-refractivity contribution in [1.29, 1.82) is 0 Å². The highest BCUT2D eigenvalue weighted by atomic mass is 35.5. The summed E-state index contributed by atoms with van der Waals surface area (Å²) >= 11 is 6.16. The highest BCUT2D eigenvalue weighted by molar-refractivity contribution is 6.30. The molecule has 2 amide bonds. The molecule has 0 radical (unpaired) electrons. The fourth-order valence-corrected chi connectivity index (χ4v) is 4.52. The van der Waals surface area contributed by atoms with E-state index in [1.807, 2.05) is 65.6 Å². The lowest BCUT2D eigenvalue weighted by molar-refractivity contribution is 0.181. The van der Waals surface area contributed by atoms with Gasteiger partial charge in [0.2, 0.25) is 0 Å². The zero-order chi connectivity index (χ0) is 21.9. The van der Waals surface area contributed by atoms with E-state index in [9.17, 15) is 4.79 Å². The summed E-state index contributed by atoms with van der Waals surface area (Å²) in [7, 11) is 0. The monoisotopic (exact) mass is 441 g/mol. The number of carbonyl (C=O) groups is 1. The van der Waals surface area contributed by atoms with Crippen LogP contribution < -0.4 is 5.32 Å². The van der Waals surface area contributed by atoms with Crippen LogP contribution in [0.1, 0.15) is 28.4 Å². The van der Waals surface area contributed by atoms with E-state index in [1.165, 1.54) is 5.56 Å². The van der Waals surface area contributed by atoms with Gasteiger partial charge in [-0.1, -0.05) is 72.3 Å². The van der Waals surface area contributed by atoms with Gasteiger partial charge in [0.05, 0.1) is 18.3 Å².